The van der Waals surface area contributed by atoms with Gasteiger partial charge in [-0.05, 0) is 38.3 Å². The SMILES string of the molecule is CCOC(=O)c1ccccc1OC(=O)CCCC[C@H]1CCSS1. The second kappa shape index (κ2) is 9.88. The van der Waals surface area contributed by atoms with Crippen molar-refractivity contribution >= 4 is 33.5 Å². The quantitative estimate of drug-likeness (QED) is 0.297. The number of ether oxygens (including phenoxy) is 2. The molecule has 1 fully saturated rings. The first-order valence-electron chi connectivity index (χ1n) is 7.95. The average molecular weight is 354 g/mol. The summed E-state index contributed by atoms with van der Waals surface area (Å²) >= 11 is 0. The molecule has 0 aliphatic carbocycles. The van der Waals surface area contributed by atoms with Crippen molar-refractivity contribution in [2.75, 3.05) is 12.4 Å². The molecule has 0 spiro atoms. The van der Waals surface area contributed by atoms with Gasteiger partial charge in [0.15, 0.2) is 0 Å². The number of esters is 2. The van der Waals surface area contributed by atoms with Gasteiger partial charge in [-0.3, -0.25) is 4.79 Å². The number of unbranched alkanes of at least 4 members (excludes halogenated alkanes) is 1. The molecule has 0 aromatic heterocycles. The topological polar surface area (TPSA) is 52.6 Å². The van der Waals surface area contributed by atoms with E-state index in [2.05, 4.69) is 0 Å². The lowest BCUT2D eigenvalue weighted by molar-refractivity contribution is -0.134. The fourth-order valence-electron chi connectivity index (χ4n) is 2.31. The number of carbonyl (C=O) groups excluding carboxylic acids is 2. The molecule has 4 nitrogen and oxygen atoms in total. The maximum absolute atomic E-state index is 12.0. The van der Waals surface area contributed by atoms with Gasteiger partial charge in [-0.1, -0.05) is 40.1 Å². The summed E-state index contributed by atoms with van der Waals surface area (Å²) < 4.78 is 10.3. The molecule has 1 heterocycles. The van der Waals surface area contributed by atoms with E-state index in [4.69, 9.17) is 9.47 Å². The van der Waals surface area contributed by atoms with Gasteiger partial charge in [0.05, 0.1) is 6.61 Å². The standard InChI is InChI=1S/C17H22O4S2/c1-2-20-17(19)14-8-4-5-9-15(14)21-16(18)10-6-3-7-13-11-12-22-23-13/h4-5,8-9,13H,2-3,6-7,10-12H2,1H3/t13-/m0/s1. The van der Waals surface area contributed by atoms with Crippen LogP contribution in [-0.4, -0.2) is 29.5 Å². The van der Waals surface area contributed by atoms with E-state index in [-0.39, 0.29) is 11.7 Å². The summed E-state index contributed by atoms with van der Waals surface area (Å²) in [5.41, 5.74) is 0.294. The first kappa shape index (κ1) is 18.2. The summed E-state index contributed by atoms with van der Waals surface area (Å²) in [7, 11) is 3.90. The Morgan fingerprint density at radius 2 is 2.09 bits per heavy atom. The fraction of sp³-hybridized carbons (Fsp3) is 0.529. The molecular weight excluding hydrogens is 332 g/mol. The normalized spacial score (nSPS) is 17.0. The molecular formula is C17H22O4S2. The van der Waals surface area contributed by atoms with Gasteiger partial charge >= 0.3 is 11.9 Å². The van der Waals surface area contributed by atoms with E-state index < -0.39 is 5.97 Å². The van der Waals surface area contributed by atoms with Crippen molar-refractivity contribution in [3.8, 4) is 5.75 Å². The Morgan fingerprint density at radius 1 is 1.26 bits per heavy atom. The zero-order valence-electron chi connectivity index (χ0n) is 13.3. The Kier molecular flexibility index (Phi) is 7.82. The predicted octanol–water partition coefficient (Wildman–Crippen LogP) is 4.48. The molecule has 1 aromatic carbocycles. The summed E-state index contributed by atoms with van der Waals surface area (Å²) in [6.45, 7) is 2.03. The Labute approximate surface area is 145 Å². The molecule has 1 aromatic rings. The van der Waals surface area contributed by atoms with Crippen LogP contribution in [0.1, 0.15) is 49.4 Å². The van der Waals surface area contributed by atoms with Crippen LogP contribution < -0.4 is 4.74 Å². The highest BCUT2D eigenvalue weighted by molar-refractivity contribution is 8.77. The van der Waals surface area contributed by atoms with E-state index in [1.165, 1.54) is 12.2 Å². The molecule has 0 unspecified atom stereocenters. The lowest BCUT2D eigenvalue weighted by atomic mass is 10.1. The minimum Gasteiger partial charge on any atom is -0.462 e. The van der Waals surface area contributed by atoms with Crippen LogP contribution in [0, 0.1) is 0 Å². The Bertz CT molecular complexity index is 527. The number of carbonyl (C=O) groups is 2. The van der Waals surface area contributed by atoms with Crippen molar-refractivity contribution in [3.05, 3.63) is 29.8 Å². The Balaban J connectivity index is 1.77. The zero-order chi connectivity index (χ0) is 16.5. The Hall–Kier alpha value is -1.14. The number of hydrogen-bond acceptors (Lipinski definition) is 6. The molecule has 0 bridgehead atoms. The van der Waals surface area contributed by atoms with Gasteiger partial charge in [0.1, 0.15) is 11.3 Å². The summed E-state index contributed by atoms with van der Waals surface area (Å²) in [5, 5.41) is 0.737. The van der Waals surface area contributed by atoms with Gasteiger partial charge < -0.3 is 9.47 Å². The largest absolute Gasteiger partial charge is 0.462 e. The van der Waals surface area contributed by atoms with Crippen LogP contribution in [-0.2, 0) is 9.53 Å². The molecule has 126 valence electrons. The van der Waals surface area contributed by atoms with E-state index >= 15 is 0 Å². The van der Waals surface area contributed by atoms with Crippen molar-refractivity contribution < 1.29 is 19.1 Å². The third kappa shape index (κ3) is 6.11. The molecule has 0 amide bonds. The van der Waals surface area contributed by atoms with E-state index in [9.17, 15) is 9.59 Å². The molecule has 1 aliphatic rings. The minimum atomic E-state index is -0.466. The third-order valence-corrected chi connectivity index (χ3v) is 6.50. The van der Waals surface area contributed by atoms with Crippen LogP contribution in [0.4, 0.5) is 0 Å². The monoisotopic (exact) mass is 354 g/mol. The molecule has 0 saturated carbocycles. The summed E-state index contributed by atoms with van der Waals surface area (Å²) in [6.07, 6.45) is 4.66. The number of rotatable bonds is 8. The lowest BCUT2D eigenvalue weighted by Gasteiger charge is -2.10. The highest BCUT2D eigenvalue weighted by Crippen LogP contribution is 2.39. The average Bonchev–Trinajstić information content (AvgIpc) is 3.06. The summed E-state index contributed by atoms with van der Waals surface area (Å²) in [6, 6.07) is 6.69. The highest BCUT2D eigenvalue weighted by atomic mass is 33.1. The smallest absolute Gasteiger partial charge is 0.341 e. The first-order valence-corrected chi connectivity index (χ1v) is 10.3. The summed E-state index contributed by atoms with van der Waals surface area (Å²) in [5.74, 6) is 0.753. The van der Waals surface area contributed by atoms with Gasteiger partial charge in [0, 0.05) is 17.4 Å². The lowest BCUT2D eigenvalue weighted by Crippen LogP contribution is -2.12. The van der Waals surface area contributed by atoms with Crippen LogP contribution in [0.25, 0.3) is 0 Å². The van der Waals surface area contributed by atoms with Crippen LogP contribution in [0.3, 0.4) is 0 Å². The Morgan fingerprint density at radius 3 is 2.83 bits per heavy atom. The van der Waals surface area contributed by atoms with Crippen LogP contribution in [0.5, 0.6) is 5.75 Å². The van der Waals surface area contributed by atoms with Gasteiger partial charge in [-0.25, -0.2) is 4.79 Å². The van der Waals surface area contributed by atoms with Crippen molar-refractivity contribution in [1.82, 2.24) is 0 Å². The van der Waals surface area contributed by atoms with Gasteiger partial charge in [0.2, 0.25) is 0 Å². The molecule has 0 radical (unpaired) electrons. The zero-order valence-corrected chi connectivity index (χ0v) is 14.9. The number of hydrogen-bond donors (Lipinski definition) is 0. The van der Waals surface area contributed by atoms with E-state index in [1.54, 1.807) is 31.2 Å². The van der Waals surface area contributed by atoms with E-state index in [1.807, 2.05) is 21.6 Å². The second-order valence-electron chi connectivity index (χ2n) is 5.27. The third-order valence-electron chi connectivity index (χ3n) is 3.49. The fourth-order valence-corrected chi connectivity index (χ4v) is 5.34. The van der Waals surface area contributed by atoms with E-state index in [0.717, 1.165) is 24.5 Å². The minimum absolute atomic E-state index is 0.277. The molecule has 1 atom stereocenters. The van der Waals surface area contributed by atoms with E-state index in [0.29, 0.717) is 18.6 Å². The molecule has 1 saturated heterocycles. The first-order chi connectivity index (χ1) is 11.2. The van der Waals surface area contributed by atoms with Crippen LogP contribution >= 0.6 is 21.6 Å². The van der Waals surface area contributed by atoms with Crippen molar-refractivity contribution in [1.29, 1.82) is 0 Å². The molecule has 0 N–H and O–H groups in total. The second-order valence-corrected chi connectivity index (χ2v) is 8.05. The van der Waals surface area contributed by atoms with Gasteiger partial charge in [0.25, 0.3) is 0 Å². The number of benzene rings is 1. The van der Waals surface area contributed by atoms with Crippen LogP contribution in [0.15, 0.2) is 24.3 Å². The highest BCUT2D eigenvalue weighted by Gasteiger charge is 2.17. The maximum atomic E-state index is 12.0. The molecule has 6 heteroatoms. The predicted molar refractivity (Wildman–Crippen MR) is 95.0 cm³/mol. The molecule has 1 aliphatic heterocycles. The van der Waals surface area contributed by atoms with Crippen molar-refractivity contribution in [3.63, 3.8) is 0 Å². The maximum Gasteiger partial charge on any atom is 0.341 e. The molecule has 2 rings (SSSR count). The van der Waals surface area contributed by atoms with Crippen molar-refractivity contribution in [2.24, 2.45) is 0 Å². The van der Waals surface area contributed by atoms with Gasteiger partial charge in [-0.15, -0.1) is 0 Å². The summed E-state index contributed by atoms with van der Waals surface area (Å²) in [4.78, 5) is 23.8. The van der Waals surface area contributed by atoms with Crippen LogP contribution in [0.2, 0.25) is 0 Å². The number of para-hydroxylation sites is 1. The van der Waals surface area contributed by atoms with Gasteiger partial charge in [-0.2, -0.15) is 0 Å². The van der Waals surface area contributed by atoms with Crippen molar-refractivity contribution in [2.45, 2.75) is 44.3 Å². The molecule has 23 heavy (non-hydrogen) atoms.